The second-order valence-corrected chi connectivity index (χ2v) is 6.09. The van der Waals surface area contributed by atoms with Crippen molar-refractivity contribution in [3.8, 4) is 11.4 Å². The van der Waals surface area contributed by atoms with Gasteiger partial charge in [-0.05, 0) is 42.6 Å². The number of hydrogen-bond donors (Lipinski definition) is 1. The minimum atomic E-state index is -0.408. The van der Waals surface area contributed by atoms with Gasteiger partial charge in [-0.15, -0.1) is 0 Å². The van der Waals surface area contributed by atoms with E-state index in [-0.39, 0.29) is 5.91 Å². The van der Waals surface area contributed by atoms with E-state index in [0.29, 0.717) is 17.3 Å². The van der Waals surface area contributed by atoms with Crippen LogP contribution in [0.25, 0.3) is 22.3 Å². The van der Waals surface area contributed by atoms with Gasteiger partial charge in [-0.2, -0.15) is 4.98 Å². The maximum absolute atomic E-state index is 12.6. The SMILES string of the molecule is C[C@H](NC(=O)c1ccc2ccn(C)c2c1)c1nc(-c2ccncc2)no1. The summed E-state index contributed by atoms with van der Waals surface area (Å²) in [7, 11) is 1.95. The van der Waals surface area contributed by atoms with Crippen molar-refractivity contribution in [3.05, 3.63) is 66.4 Å². The van der Waals surface area contributed by atoms with E-state index in [9.17, 15) is 4.79 Å². The minimum absolute atomic E-state index is 0.190. The van der Waals surface area contributed by atoms with Gasteiger partial charge in [0.15, 0.2) is 0 Å². The summed E-state index contributed by atoms with van der Waals surface area (Å²) in [5.74, 6) is 0.628. The molecule has 4 aromatic rings. The van der Waals surface area contributed by atoms with Crippen molar-refractivity contribution in [3.63, 3.8) is 0 Å². The molecule has 0 fully saturated rings. The second kappa shape index (κ2) is 6.44. The number of hydrogen-bond acceptors (Lipinski definition) is 5. The number of aromatic nitrogens is 4. The third-order valence-electron chi connectivity index (χ3n) is 4.25. The van der Waals surface area contributed by atoms with Gasteiger partial charge < -0.3 is 14.4 Å². The van der Waals surface area contributed by atoms with E-state index in [1.54, 1.807) is 30.6 Å². The number of carbonyl (C=O) groups excluding carboxylic acids is 1. The predicted molar refractivity (Wildman–Crippen MR) is 96.3 cm³/mol. The Hall–Kier alpha value is -3.48. The summed E-state index contributed by atoms with van der Waals surface area (Å²) in [5.41, 5.74) is 2.39. The van der Waals surface area contributed by atoms with Crippen LogP contribution < -0.4 is 5.32 Å². The number of rotatable bonds is 4. The zero-order valence-corrected chi connectivity index (χ0v) is 14.4. The van der Waals surface area contributed by atoms with Crippen LogP contribution in [0, 0.1) is 0 Å². The molecule has 0 aliphatic heterocycles. The van der Waals surface area contributed by atoms with Crippen molar-refractivity contribution in [2.45, 2.75) is 13.0 Å². The molecule has 1 atom stereocenters. The lowest BCUT2D eigenvalue weighted by atomic mass is 10.1. The number of amides is 1. The van der Waals surface area contributed by atoms with Gasteiger partial charge in [-0.3, -0.25) is 9.78 Å². The Kier molecular flexibility index (Phi) is 3.96. The lowest BCUT2D eigenvalue weighted by Gasteiger charge is -2.10. The zero-order chi connectivity index (χ0) is 18.1. The van der Waals surface area contributed by atoms with Gasteiger partial charge in [0.05, 0.1) is 0 Å². The monoisotopic (exact) mass is 347 g/mol. The quantitative estimate of drug-likeness (QED) is 0.613. The summed E-state index contributed by atoms with van der Waals surface area (Å²) in [6.07, 6.45) is 5.29. The molecule has 1 aromatic carbocycles. The van der Waals surface area contributed by atoms with Gasteiger partial charge in [0, 0.05) is 42.3 Å². The minimum Gasteiger partial charge on any atom is -0.351 e. The molecule has 1 amide bonds. The molecule has 0 spiro atoms. The first-order valence-electron chi connectivity index (χ1n) is 8.22. The van der Waals surface area contributed by atoms with Crippen LogP contribution in [0.4, 0.5) is 0 Å². The second-order valence-electron chi connectivity index (χ2n) is 6.09. The Morgan fingerprint density at radius 1 is 1.19 bits per heavy atom. The molecule has 3 aromatic heterocycles. The Bertz CT molecular complexity index is 1070. The molecule has 0 unspecified atom stereocenters. The number of nitrogens with zero attached hydrogens (tertiary/aromatic N) is 4. The standard InChI is InChI=1S/C19H17N5O2/c1-12(19-22-17(23-26-19)14-5-8-20-9-6-14)21-18(25)15-4-3-13-7-10-24(2)16(13)11-15/h3-12H,1-2H3,(H,21,25)/t12-/m0/s1. The normalized spacial score (nSPS) is 12.2. The number of benzene rings is 1. The van der Waals surface area contributed by atoms with Crippen LogP contribution in [0.15, 0.2) is 59.5 Å². The predicted octanol–water partition coefficient (Wildman–Crippen LogP) is 3.11. The van der Waals surface area contributed by atoms with Crippen LogP contribution in [-0.2, 0) is 7.05 Å². The smallest absolute Gasteiger partial charge is 0.251 e. The van der Waals surface area contributed by atoms with Crippen molar-refractivity contribution in [2.24, 2.45) is 7.05 Å². The maximum Gasteiger partial charge on any atom is 0.251 e. The largest absolute Gasteiger partial charge is 0.351 e. The summed E-state index contributed by atoms with van der Waals surface area (Å²) in [5, 5.41) is 7.95. The summed E-state index contributed by atoms with van der Waals surface area (Å²) in [6, 6.07) is 10.8. The van der Waals surface area contributed by atoms with Crippen LogP contribution in [0.1, 0.15) is 29.2 Å². The van der Waals surface area contributed by atoms with Crippen LogP contribution in [0.3, 0.4) is 0 Å². The first kappa shape index (κ1) is 16.0. The van der Waals surface area contributed by atoms with Gasteiger partial charge in [-0.1, -0.05) is 11.2 Å². The average molecular weight is 347 g/mol. The van der Waals surface area contributed by atoms with Crippen molar-refractivity contribution in [1.29, 1.82) is 0 Å². The van der Waals surface area contributed by atoms with Crippen LogP contribution in [-0.4, -0.2) is 25.6 Å². The first-order valence-corrected chi connectivity index (χ1v) is 8.22. The third kappa shape index (κ3) is 2.95. The van der Waals surface area contributed by atoms with Crippen LogP contribution >= 0.6 is 0 Å². The zero-order valence-electron chi connectivity index (χ0n) is 14.4. The van der Waals surface area contributed by atoms with Gasteiger partial charge in [0.1, 0.15) is 6.04 Å². The fourth-order valence-corrected chi connectivity index (χ4v) is 2.77. The van der Waals surface area contributed by atoms with Crippen LogP contribution in [0.5, 0.6) is 0 Å². The van der Waals surface area contributed by atoms with Crippen molar-refractivity contribution < 1.29 is 9.32 Å². The van der Waals surface area contributed by atoms with Gasteiger partial charge in [0.2, 0.25) is 11.7 Å². The highest BCUT2D eigenvalue weighted by molar-refractivity contribution is 5.98. The van der Waals surface area contributed by atoms with E-state index < -0.39 is 6.04 Å². The number of pyridine rings is 1. The number of carbonyl (C=O) groups is 1. The number of fused-ring (bicyclic) bond motifs is 1. The van der Waals surface area contributed by atoms with E-state index in [1.807, 2.05) is 42.9 Å². The first-order chi connectivity index (χ1) is 12.6. The molecule has 7 nitrogen and oxygen atoms in total. The molecular formula is C19H17N5O2. The topological polar surface area (TPSA) is 85.8 Å². The summed E-state index contributed by atoms with van der Waals surface area (Å²) in [6.45, 7) is 1.81. The van der Waals surface area contributed by atoms with Crippen molar-refractivity contribution in [1.82, 2.24) is 25.0 Å². The molecule has 0 aliphatic carbocycles. The molecule has 3 heterocycles. The molecule has 0 aliphatic rings. The molecule has 26 heavy (non-hydrogen) atoms. The molecule has 4 rings (SSSR count). The highest BCUT2D eigenvalue weighted by atomic mass is 16.5. The molecular weight excluding hydrogens is 330 g/mol. The highest BCUT2D eigenvalue weighted by Gasteiger charge is 2.18. The van der Waals surface area contributed by atoms with Crippen molar-refractivity contribution >= 4 is 16.8 Å². The Morgan fingerprint density at radius 3 is 2.81 bits per heavy atom. The molecule has 0 bridgehead atoms. The molecule has 0 saturated carbocycles. The van der Waals surface area contributed by atoms with Crippen molar-refractivity contribution in [2.75, 3.05) is 0 Å². The van der Waals surface area contributed by atoms with E-state index in [1.165, 1.54) is 0 Å². The van der Waals surface area contributed by atoms with Gasteiger partial charge >= 0.3 is 0 Å². The van der Waals surface area contributed by atoms with E-state index in [2.05, 4.69) is 20.4 Å². The van der Waals surface area contributed by atoms with Crippen LogP contribution in [0.2, 0.25) is 0 Å². The summed E-state index contributed by atoms with van der Waals surface area (Å²) in [4.78, 5) is 20.9. The number of aryl methyl sites for hydroxylation is 1. The molecule has 7 heteroatoms. The molecule has 130 valence electrons. The van der Waals surface area contributed by atoms with E-state index >= 15 is 0 Å². The fourth-order valence-electron chi connectivity index (χ4n) is 2.77. The van der Waals surface area contributed by atoms with Gasteiger partial charge in [-0.25, -0.2) is 0 Å². The Balaban J connectivity index is 1.52. The Morgan fingerprint density at radius 2 is 2.00 bits per heavy atom. The fraction of sp³-hybridized carbons (Fsp3) is 0.158. The lowest BCUT2D eigenvalue weighted by Crippen LogP contribution is -2.26. The van der Waals surface area contributed by atoms with E-state index in [4.69, 9.17) is 4.52 Å². The molecule has 0 radical (unpaired) electrons. The third-order valence-corrected chi connectivity index (χ3v) is 4.25. The maximum atomic E-state index is 12.6. The highest BCUT2D eigenvalue weighted by Crippen LogP contribution is 2.20. The average Bonchev–Trinajstić information content (AvgIpc) is 3.30. The molecule has 1 N–H and O–H groups in total. The Labute approximate surface area is 149 Å². The summed E-state index contributed by atoms with van der Waals surface area (Å²) >= 11 is 0. The van der Waals surface area contributed by atoms with E-state index in [0.717, 1.165) is 16.5 Å². The lowest BCUT2D eigenvalue weighted by molar-refractivity contribution is 0.0932. The molecule has 0 saturated heterocycles. The number of nitrogens with one attached hydrogen (secondary N) is 1. The van der Waals surface area contributed by atoms with Gasteiger partial charge in [0.25, 0.3) is 5.91 Å². The summed E-state index contributed by atoms with van der Waals surface area (Å²) < 4.78 is 7.27.